The molecule has 0 aliphatic heterocycles. The standard InChI is InChI=1S/C15H20FNO2/c1-15(7-3-2-4-8-15)13(14(18)19)11-9-10(16)5-6-12(11)17/h5-6,9,13H,2-4,7-8,17H2,1H3,(H,18,19). The first-order valence-electron chi connectivity index (χ1n) is 6.72. The Labute approximate surface area is 112 Å². The molecule has 1 saturated carbocycles. The summed E-state index contributed by atoms with van der Waals surface area (Å²) in [4.78, 5) is 11.7. The molecule has 19 heavy (non-hydrogen) atoms. The maximum Gasteiger partial charge on any atom is 0.311 e. The molecule has 0 saturated heterocycles. The van der Waals surface area contributed by atoms with Crippen LogP contribution in [0, 0.1) is 11.2 Å². The van der Waals surface area contributed by atoms with Gasteiger partial charge in [-0.3, -0.25) is 4.79 Å². The summed E-state index contributed by atoms with van der Waals surface area (Å²) in [6.07, 6.45) is 4.88. The lowest BCUT2D eigenvalue weighted by molar-refractivity contribution is -0.142. The molecule has 2 rings (SSSR count). The zero-order chi connectivity index (χ0) is 14.0. The number of hydrogen-bond donors (Lipinski definition) is 2. The number of carboxylic acid groups (broad SMARTS) is 1. The topological polar surface area (TPSA) is 63.3 Å². The van der Waals surface area contributed by atoms with Crippen molar-refractivity contribution in [3.63, 3.8) is 0 Å². The van der Waals surface area contributed by atoms with Gasteiger partial charge in [0, 0.05) is 5.69 Å². The molecular formula is C15H20FNO2. The highest BCUT2D eigenvalue weighted by molar-refractivity contribution is 5.79. The summed E-state index contributed by atoms with van der Waals surface area (Å²) in [7, 11) is 0. The number of nitrogen functional groups attached to an aromatic ring is 1. The molecule has 0 radical (unpaired) electrons. The molecule has 0 amide bonds. The van der Waals surface area contributed by atoms with Crippen LogP contribution in [0.25, 0.3) is 0 Å². The van der Waals surface area contributed by atoms with Crippen LogP contribution in [0.15, 0.2) is 18.2 Å². The third-order valence-corrected chi connectivity index (χ3v) is 4.30. The van der Waals surface area contributed by atoms with Crippen LogP contribution in [0.4, 0.5) is 10.1 Å². The molecule has 1 aromatic rings. The number of benzene rings is 1. The number of rotatable bonds is 3. The number of carboxylic acids is 1. The van der Waals surface area contributed by atoms with E-state index in [1.54, 1.807) is 0 Å². The number of nitrogens with two attached hydrogens (primary N) is 1. The Morgan fingerprint density at radius 3 is 2.58 bits per heavy atom. The highest BCUT2D eigenvalue weighted by atomic mass is 19.1. The molecule has 0 bridgehead atoms. The van der Waals surface area contributed by atoms with Crippen molar-refractivity contribution in [2.75, 3.05) is 5.73 Å². The number of carbonyl (C=O) groups is 1. The average molecular weight is 265 g/mol. The van der Waals surface area contributed by atoms with E-state index in [2.05, 4.69) is 0 Å². The minimum Gasteiger partial charge on any atom is -0.481 e. The second-order valence-electron chi connectivity index (χ2n) is 5.76. The van der Waals surface area contributed by atoms with Gasteiger partial charge >= 0.3 is 5.97 Å². The monoisotopic (exact) mass is 265 g/mol. The predicted molar refractivity (Wildman–Crippen MR) is 72.4 cm³/mol. The van der Waals surface area contributed by atoms with E-state index in [4.69, 9.17) is 5.73 Å². The van der Waals surface area contributed by atoms with Gasteiger partial charge in [-0.2, -0.15) is 0 Å². The van der Waals surface area contributed by atoms with Gasteiger partial charge in [-0.05, 0) is 42.0 Å². The Kier molecular flexibility index (Phi) is 3.78. The third-order valence-electron chi connectivity index (χ3n) is 4.30. The first kappa shape index (κ1) is 13.8. The van der Waals surface area contributed by atoms with Crippen LogP contribution in [0.3, 0.4) is 0 Å². The fourth-order valence-corrected chi connectivity index (χ4v) is 3.25. The second-order valence-corrected chi connectivity index (χ2v) is 5.76. The molecule has 0 spiro atoms. The molecule has 0 heterocycles. The van der Waals surface area contributed by atoms with E-state index in [0.717, 1.165) is 32.1 Å². The highest BCUT2D eigenvalue weighted by Gasteiger charge is 2.41. The molecule has 0 aromatic heterocycles. The molecule has 104 valence electrons. The largest absolute Gasteiger partial charge is 0.481 e. The number of anilines is 1. The van der Waals surface area contributed by atoms with Crippen molar-refractivity contribution in [3.8, 4) is 0 Å². The molecule has 1 aliphatic carbocycles. The van der Waals surface area contributed by atoms with E-state index >= 15 is 0 Å². The molecule has 3 nitrogen and oxygen atoms in total. The summed E-state index contributed by atoms with van der Waals surface area (Å²) in [5.74, 6) is -2.08. The minimum absolute atomic E-state index is 0.341. The predicted octanol–water partition coefficient (Wildman–Crippen LogP) is 3.55. The molecule has 1 aliphatic rings. The highest BCUT2D eigenvalue weighted by Crippen LogP contribution is 2.48. The van der Waals surface area contributed by atoms with E-state index in [-0.39, 0.29) is 5.41 Å². The average Bonchev–Trinajstić information content (AvgIpc) is 2.34. The molecule has 4 heteroatoms. The summed E-state index contributed by atoms with van der Waals surface area (Å²) in [5.41, 5.74) is 6.30. The number of hydrogen-bond acceptors (Lipinski definition) is 2. The van der Waals surface area contributed by atoms with Gasteiger partial charge in [0.25, 0.3) is 0 Å². The SMILES string of the molecule is CC1(C(C(=O)O)c2cc(F)ccc2N)CCCCC1. The summed E-state index contributed by atoms with van der Waals surface area (Å²) in [6.45, 7) is 1.98. The second kappa shape index (κ2) is 5.19. The van der Waals surface area contributed by atoms with Gasteiger partial charge in [-0.1, -0.05) is 26.2 Å². The zero-order valence-electron chi connectivity index (χ0n) is 11.2. The van der Waals surface area contributed by atoms with Crippen molar-refractivity contribution in [1.82, 2.24) is 0 Å². The summed E-state index contributed by atoms with van der Waals surface area (Å²) >= 11 is 0. The first-order chi connectivity index (χ1) is 8.94. The fourth-order valence-electron chi connectivity index (χ4n) is 3.25. The van der Waals surface area contributed by atoms with Crippen molar-refractivity contribution in [1.29, 1.82) is 0 Å². The number of aliphatic carboxylic acids is 1. The molecular weight excluding hydrogens is 245 g/mol. The van der Waals surface area contributed by atoms with Crippen LogP contribution in [0.1, 0.15) is 50.5 Å². The Bertz CT molecular complexity index is 481. The van der Waals surface area contributed by atoms with E-state index in [9.17, 15) is 14.3 Å². The smallest absolute Gasteiger partial charge is 0.311 e. The Hall–Kier alpha value is -1.58. The van der Waals surface area contributed by atoms with Gasteiger partial charge in [0.15, 0.2) is 0 Å². The molecule has 3 N–H and O–H groups in total. The van der Waals surface area contributed by atoms with E-state index in [0.29, 0.717) is 11.3 Å². The van der Waals surface area contributed by atoms with Gasteiger partial charge in [0.05, 0.1) is 5.92 Å². The summed E-state index contributed by atoms with van der Waals surface area (Å²) in [5, 5.41) is 9.58. The quantitative estimate of drug-likeness (QED) is 0.821. The van der Waals surface area contributed by atoms with E-state index in [1.807, 2.05) is 6.92 Å². The molecule has 1 unspecified atom stereocenters. The molecule has 1 atom stereocenters. The van der Waals surface area contributed by atoms with Crippen LogP contribution in [-0.4, -0.2) is 11.1 Å². The van der Waals surface area contributed by atoms with Crippen molar-refractivity contribution in [2.24, 2.45) is 5.41 Å². The Morgan fingerprint density at radius 2 is 2.00 bits per heavy atom. The van der Waals surface area contributed by atoms with E-state index < -0.39 is 17.7 Å². The molecule has 1 aromatic carbocycles. The number of halogens is 1. The van der Waals surface area contributed by atoms with E-state index in [1.165, 1.54) is 18.2 Å². The summed E-state index contributed by atoms with van der Waals surface area (Å²) in [6, 6.07) is 3.99. The van der Waals surface area contributed by atoms with Crippen molar-refractivity contribution >= 4 is 11.7 Å². The maximum absolute atomic E-state index is 13.4. The Balaban J connectivity index is 2.45. The van der Waals surface area contributed by atoms with Gasteiger partial charge in [-0.25, -0.2) is 4.39 Å². The Morgan fingerprint density at radius 1 is 1.37 bits per heavy atom. The van der Waals surface area contributed by atoms with Crippen LogP contribution < -0.4 is 5.73 Å². The van der Waals surface area contributed by atoms with Gasteiger partial charge in [-0.15, -0.1) is 0 Å². The van der Waals surface area contributed by atoms with Crippen LogP contribution in [0.2, 0.25) is 0 Å². The van der Waals surface area contributed by atoms with Crippen LogP contribution in [-0.2, 0) is 4.79 Å². The first-order valence-corrected chi connectivity index (χ1v) is 6.72. The zero-order valence-corrected chi connectivity index (χ0v) is 11.2. The van der Waals surface area contributed by atoms with Crippen molar-refractivity contribution in [2.45, 2.75) is 44.9 Å². The van der Waals surface area contributed by atoms with Crippen LogP contribution in [0.5, 0.6) is 0 Å². The third kappa shape index (κ3) is 2.72. The normalized spacial score (nSPS) is 19.9. The van der Waals surface area contributed by atoms with Crippen LogP contribution >= 0.6 is 0 Å². The van der Waals surface area contributed by atoms with Crippen molar-refractivity contribution < 1.29 is 14.3 Å². The lowest BCUT2D eigenvalue weighted by atomic mass is 9.65. The summed E-state index contributed by atoms with van der Waals surface area (Å²) < 4.78 is 13.4. The van der Waals surface area contributed by atoms with Gasteiger partial charge in [0.2, 0.25) is 0 Å². The van der Waals surface area contributed by atoms with Crippen molar-refractivity contribution in [3.05, 3.63) is 29.6 Å². The minimum atomic E-state index is -0.915. The van der Waals surface area contributed by atoms with Gasteiger partial charge in [0.1, 0.15) is 5.82 Å². The molecule has 1 fully saturated rings. The lowest BCUT2D eigenvalue weighted by Gasteiger charge is -2.39. The maximum atomic E-state index is 13.4. The van der Waals surface area contributed by atoms with Gasteiger partial charge < -0.3 is 10.8 Å². The lowest BCUT2D eigenvalue weighted by Crippen LogP contribution is -2.34. The fraction of sp³-hybridized carbons (Fsp3) is 0.533.